The second-order valence-electron chi connectivity index (χ2n) is 5.86. The number of ether oxygens (including phenoxy) is 2. The molecular weight excluding hydrogens is 352 g/mol. The minimum atomic E-state index is -0.525. The second kappa shape index (κ2) is 6.27. The Hall–Kier alpha value is -3.19. The van der Waals surface area contributed by atoms with E-state index in [1.165, 1.54) is 11.0 Å². The molecule has 130 valence electrons. The van der Waals surface area contributed by atoms with E-state index in [2.05, 4.69) is 5.32 Å². The number of aryl methyl sites for hydroxylation is 1. The molecule has 0 saturated carbocycles. The molecule has 7 heteroatoms. The van der Waals surface area contributed by atoms with Crippen LogP contribution in [0.5, 0.6) is 11.5 Å². The number of para-hydroxylation sites is 1. The van der Waals surface area contributed by atoms with Crippen LogP contribution in [0.4, 0.5) is 5.69 Å². The first-order chi connectivity index (χ1) is 12.5. The molecule has 0 aromatic heterocycles. The van der Waals surface area contributed by atoms with Gasteiger partial charge in [-0.1, -0.05) is 24.3 Å². The minimum Gasteiger partial charge on any atom is -0.454 e. The molecule has 0 radical (unpaired) electrons. The number of carbonyl (C=O) groups excluding carboxylic acids is 2. The molecule has 0 atom stereocenters. The van der Waals surface area contributed by atoms with Gasteiger partial charge in [0.25, 0.3) is 11.8 Å². The maximum Gasteiger partial charge on any atom is 0.270 e. The van der Waals surface area contributed by atoms with Crippen molar-refractivity contribution in [3.8, 4) is 11.5 Å². The number of fused-ring (bicyclic) bond motifs is 1. The number of nitrogens with one attached hydrogen (secondary N) is 1. The number of carbonyl (C=O) groups is 2. The average Bonchev–Trinajstić information content (AvgIpc) is 3.08. The summed E-state index contributed by atoms with van der Waals surface area (Å²) in [6, 6.07) is 12.6. The predicted molar refractivity (Wildman–Crippen MR) is 99.9 cm³/mol. The highest BCUT2D eigenvalue weighted by atomic mass is 32.1. The van der Waals surface area contributed by atoms with Crippen molar-refractivity contribution in [3.63, 3.8) is 0 Å². The van der Waals surface area contributed by atoms with E-state index in [-0.39, 0.29) is 17.5 Å². The first kappa shape index (κ1) is 16.3. The topological polar surface area (TPSA) is 67.9 Å². The Morgan fingerprint density at radius 2 is 1.88 bits per heavy atom. The fourth-order valence-electron chi connectivity index (χ4n) is 2.86. The van der Waals surface area contributed by atoms with Gasteiger partial charge in [0.15, 0.2) is 16.6 Å². The van der Waals surface area contributed by atoms with Gasteiger partial charge in [-0.05, 0) is 54.5 Å². The van der Waals surface area contributed by atoms with Crippen LogP contribution < -0.4 is 19.7 Å². The summed E-state index contributed by atoms with van der Waals surface area (Å²) in [5.41, 5.74) is 2.17. The average molecular weight is 366 g/mol. The predicted octanol–water partition coefficient (Wildman–Crippen LogP) is 2.56. The Bertz CT molecular complexity index is 983. The highest BCUT2D eigenvalue weighted by molar-refractivity contribution is 7.80. The van der Waals surface area contributed by atoms with Crippen molar-refractivity contribution >= 4 is 40.9 Å². The number of amides is 2. The standard InChI is InChI=1S/C19H14N2O4S/c1-11-4-2-3-5-14(11)21-18(23)13(17(22)20-19(21)26)8-12-6-7-15-16(9-12)25-10-24-15/h2-9H,10H2,1H3,(H,20,22,26)/b13-8-. The lowest BCUT2D eigenvalue weighted by atomic mass is 10.1. The number of hydrogen-bond acceptors (Lipinski definition) is 5. The van der Waals surface area contributed by atoms with Crippen LogP contribution in [-0.4, -0.2) is 23.7 Å². The van der Waals surface area contributed by atoms with E-state index in [0.29, 0.717) is 22.7 Å². The van der Waals surface area contributed by atoms with Crippen LogP contribution in [0.1, 0.15) is 11.1 Å². The lowest BCUT2D eigenvalue weighted by Crippen LogP contribution is -2.54. The summed E-state index contributed by atoms with van der Waals surface area (Å²) in [6.45, 7) is 2.03. The van der Waals surface area contributed by atoms with Crippen molar-refractivity contribution in [1.29, 1.82) is 0 Å². The molecule has 0 unspecified atom stereocenters. The summed E-state index contributed by atoms with van der Waals surface area (Å²) < 4.78 is 10.6. The van der Waals surface area contributed by atoms with E-state index in [1.54, 1.807) is 24.3 Å². The maximum absolute atomic E-state index is 13.0. The van der Waals surface area contributed by atoms with Crippen molar-refractivity contribution in [2.45, 2.75) is 6.92 Å². The van der Waals surface area contributed by atoms with Gasteiger partial charge in [0.1, 0.15) is 5.57 Å². The monoisotopic (exact) mass is 366 g/mol. The zero-order valence-corrected chi connectivity index (χ0v) is 14.6. The second-order valence-corrected chi connectivity index (χ2v) is 6.24. The molecule has 1 fully saturated rings. The molecule has 2 aliphatic heterocycles. The van der Waals surface area contributed by atoms with E-state index >= 15 is 0 Å². The summed E-state index contributed by atoms with van der Waals surface area (Å²) in [6.07, 6.45) is 1.52. The molecular formula is C19H14N2O4S. The molecule has 0 spiro atoms. The molecule has 2 heterocycles. The quantitative estimate of drug-likeness (QED) is 0.503. The van der Waals surface area contributed by atoms with Crippen molar-refractivity contribution in [1.82, 2.24) is 5.32 Å². The molecule has 1 saturated heterocycles. The molecule has 1 N–H and O–H groups in total. The van der Waals surface area contributed by atoms with Crippen LogP contribution >= 0.6 is 12.2 Å². The third-order valence-corrected chi connectivity index (χ3v) is 4.45. The van der Waals surface area contributed by atoms with E-state index in [9.17, 15) is 9.59 Å². The van der Waals surface area contributed by atoms with E-state index in [0.717, 1.165) is 5.56 Å². The van der Waals surface area contributed by atoms with Crippen molar-refractivity contribution in [3.05, 3.63) is 59.2 Å². The smallest absolute Gasteiger partial charge is 0.270 e. The third-order valence-electron chi connectivity index (χ3n) is 4.17. The normalized spacial score (nSPS) is 17.7. The largest absolute Gasteiger partial charge is 0.454 e. The van der Waals surface area contributed by atoms with Gasteiger partial charge in [0, 0.05) is 0 Å². The summed E-state index contributed by atoms with van der Waals surface area (Å²) in [5.74, 6) is 0.219. The Balaban J connectivity index is 1.74. The summed E-state index contributed by atoms with van der Waals surface area (Å²) >= 11 is 5.21. The van der Waals surface area contributed by atoms with Crippen molar-refractivity contribution in [2.24, 2.45) is 0 Å². The SMILES string of the molecule is Cc1ccccc1N1C(=O)/C(=C\c2ccc3c(c2)OCO3)C(=O)NC1=S. The molecule has 2 amide bonds. The molecule has 6 nitrogen and oxygen atoms in total. The van der Waals surface area contributed by atoms with Crippen LogP contribution in [0.3, 0.4) is 0 Å². The first-order valence-electron chi connectivity index (χ1n) is 7.91. The number of rotatable bonds is 2. The van der Waals surface area contributed by atoms with Gasteiger partial charge in [-0.2, -0.15) is 0 Å². The molecule has 2 aromatic rings. The minimum absolute atomic E-state index is 0.000665. The first-order valence-corrected chi connectivity index (χ1v) is 8.32. The van der Waals surface area contributed by atoms with Crippen LogP contribution in [0.2, 0.25) is 0 Å². The lowest BCUT2D eigenvalue weighted by molar-refractivity contribution is -0.122. The van der Waals surface area contributed by atoms with Gasteiger partial charge in [0.05, 0.1) is 5.69 Å². The highest BCUT2D eigenvalue weighted by Gasteiger charge is 2.35. The zero-order valence-electron chi connectivity index (χ0n) is 13.8. The zero-order chi connectivity index (χ0) is 18.3. The van der Waals surface area contributed by atoms with Gasteiger partial charge < -0.3 is 9.47 Å². The number of nitrogens with zero attached hydrogens (tertiary/aromatic N) is 1. The maximum atomic E-state index is 13.0. The summed E-state index contributed by atoms with van der Waals surface area (Å²) in [5, 5.41) is 2.65. The number of benzene rings is 2. The van der Waals surface area contributed by atoms with E-state index in [4.69, 9.17) is 21.7 Å². The van der Waals surface area contributed by atoms with Gasteiger partial charge in [-0.3, -0.25) is 19.8 Å². The summed E-state index contributed by atoms with van der Waals surface area (Å²) in [7, 11) is 0. The van der Waals surface area contributed by atoms with Crippen molar-refractivity contribution < 1.29 is 19.1 Å². The fourth-order valence-corrected chi connectivity index (χ4v) is 3.13. The number of thiocarbonyl (C=S) groups is 1. The lowest BCUT2D eigenvalue weighted by Gasteiger charge is -2.30. The van der Waals surface area contributed by atoms with Gasteiger partial charge in [0.2, 0.25) is 6.79 Å². The fraction of sp³-hybridized carbons (Fsp3) is 0.105. The van der Waals surface area contributed by atoms with Gasteiger partial charge in [-0.25, -0.2) is 0 Å². The summed E-state index contributed by atoms with van der Waals surface area (Å²) in [4.78, 5) is 26.7. The van der Waals surface area contributed by atoms with Crippen LogP contribution in [0.15, 0.2) is 48.0 Å². The van der Waals surface area contributed by atoms with Gasteiger partial charge >= 0.3 is 0 Å². The molecule has 0 bridgehead atoms. The number of anilines is 1. The molecule has 26 heavy (non-hydrogen) atoms. The molecule has 2 aromatic carbocycles. The van der Waals surface area contributed by atoms with Gasteiger partial charge in [-0.15, -0.1) is 0 Å². The molecule has 0 aliphatic carbocycles. The van der Waals surface area contributed by atoms with Crippen LogP contribution in [0, 0.1) is 6.92 Å². The highest BCUT2D eigenvalue weighted by Crippen LogP contribution is 2.33. The Labute approximate surface area is 155 Å². The Morgan fingerprint density at radius 1 is 1.12 bits per heavy atom. The Kier molecular flexibility index (Phi) is 3.93. The number of hydrogen-bond donors (Lipinski definition) is 1. The molecule has 4 rings (SSSR count). The van der Waals surface area contributed by atoms with Crippen LogP contribution in [0.25, 0.3) is 6.08 Å². The van der Waals surface area contributed by atoms with Crippen LogP contribution in [-0.2, 0) is 9.59 Å². The van der Waals surface area contributed by atoms with Crippen molar-refractivity contribution in [2.75, 3.05) is 11.7 Å². The Morgan fingerprint density at radius 3 is 2.69 bits per heavy atom. The molecule has 2 aliphatic rings. The van der Waals surface area contributed by atoms with E-state index < -0.39 is 11.8 Å². The third kappa shape index (κ3) is 2.72. The van der Waals surface area contributed by atoms with E-state index in [1.807, 2.05) is 25.1 Å².